The van der Waals surface area contributed by atoms with Crippen LogP contribution in [0.2, 0.25) is 0 Å². The third-order valence-electron chi connectivity index (χ3n) is 4.16. The van der Waals surface area contributed by atoms with Crippen molar-refractivity contribution in [2.45, 2.75) is 18.1 Å². The Bertz CT molecular complexity index is 1130. The first kappa shape index (κ1) is 16.5. The van der Waals surface area contributed by atoms with Gasteiger partial charge in [-0.1, -0.05) is 30.0 Å². The summed E-state index contributed by atoms with van der Waals surface area (Å²) in [7, 11) is 0. The Kier molecular flexibility index (Phi) is 4.53. The topological polar surface area (TPSA) is 65.1 Å². The number of hydrogen-bond acceptors (Lipinski definition) is 5. The summed E-state index contributed by atoms with van der Waals surface area (Å²) in [6, 6.07) is 11.6. The summed E-state index contributed by atoms with van der Waals surface area (Å²) in [6.07, 6.45) is 6.20. The number of fused-ring (bicyclic) bond motifs is 3. The lowest BCUT2D eigenvalue weighted by molar-refractivity contribution is 0.783. The first-order valence-electron chi connectivity index (χ1n) is 8.29. The summed E-state index contributed by atoms with van der Waals surface area (Å²) in [4.78, 5) is 16.8. The van der Waals surface area contributed by atoms with Crippen molar-refractivity contribution >= 4 is 28.4 Å². The predicted molar refractivity (Wildman–Crippen MR) is 104 cm³/mol. The predicted octanol–water partition coefficient (Wildman–Crippen LogP) is 2.96. The molecule has 0 bridgehead atoms. The highest BCUT2D eigenvalue weighted by Crippen LogP contribution is 2.22. The number of pyridine rings is 1. The van der Waals surface area contributed by atoms with Gasteiger partial charge in [-0.2, -0.15) is 0 Å². The van der Waals surface area contributed by atoms with E-state index in [1.807, 2.05) is 40.8 Å². The maximum absolute atomic E-state index is 12.8. The van der Waals surface area contributed by atoms with Crippen LogP contribution in [-0.2, 0) is 13.0 Å². The fourth-order valence-electron chi connectivity index (χ4n) is 2.93. The lowest BCUT2D eigenvalue weighted by Crippen LogP contribution is -2.22. The normalized spacial score (nSPS) is 11.2. The van der Waals surface area contributed by atoms with Crippen molar-refractivity contribution < 1.29 is 0 Å². The molecule has 26 heavy (non-hydrogen) atoms. The third kappa shape index (κ3) is 2.90. The average molecular weight is 363 g/mol. The van der Waals surface area contributed by atoms with E-state index in [0.717, 1.165) is 22.8 Å². The second kappa shape index (κ2) is 7.13. The Morgan fingerprint density at radius 3 is 2.73 bits per heavy atom. The molecule has 0 saturated heterocycles. The zero-order valence-corrected chi connectivity index (χ0v) is 14.9. The molecule has 0 unspecified atom stereocenters. The molecular formula is C19H17N5OS. The summed E-state index contributed by atoms with van der Waals surface area (Å²) in [6.45, 7) is 4.14. The van der Waals surface area contributed by atoms with E-state index in [2.05, 4.69) is 21.8 Å². The minimum Gasteiger partial charge on any atom is -0.272 e. The van der Waals surface area contributed by atoms with Crippen LogP contribution in [0.4, 0.5) is 0 Å². The smallest absolute Gasteiger partial charge is 0.263 e. The van der Waals surface area contributed by atoms with Gasteiger partial charge in [0.2, 0.25) is 5.78 Å². The van der Waals surface area contributed by atoms with Crippen LogP contribution in [0.25, 0.3) is 16.7 Å². The lowest BCUT2D eigenvalue weighted by Gasteiger charge is -2.09. The maximum Gasteiger partial charge on any atom is 0.263 e. The Hall–Kier alpha value is -2.93. The lowest BCUT2D eigenvalue weighted by atomic mass is 10.2. The number of hydrogen-bond donors (Lipinski definition) is 0. The van der Waals surface area contributed by atoms with E-state index in [9.17, 15) is 4.79 Å². The van der Waals surface area contributed by atoms with Gasteiger partial charge in [0, 0.05) is 24.7 Å². The quantitative estimate of drug-likeness (QED) is 0.389. The molecule has 6 nitrogen and oxygen atoms in total. The van der Waals surface area contributed by atoms with Gasteiger partial charge in [-0.15, -0.1) is 16.8 Å². The zero-order valence-electron chi connectivity index (χ0n) is 14.1. The van der Waals surface area contributed by atoms with Gasteiger partial charge >= 0.3 is 0 Å². The van der Waals surface area contributed by atoms with Gasteiger partial charge in [-0.05, 0) is 36.2 Å². The van der Waals surface area contributed by atoms with E-state index in [0.29, 0.717) is 17.7 Å². The van der Waals surface area contributed by atoms with E-state index in [1.54, 1.807) is 34.8 Å². The zero-order chi connectivity index (χ0) is 17.9. The van der Waals surface area contributed by atoms with Crippen LogP contribution in [0, 0.1) is 0 Å². The Balaban J connectivity index is 1.76. The van der Waals surface area contributed by atoms with Crippen LogP contribution >= 0.6 is 11.8 Å². The Morgan fingerprint density at radius 1 is 1.12 bits per heavy atom. The van der Waals surface area contributed by atoms with Gasteiger partial charge in [0.1, 0.15) is 0 Å². The van der Waals surface area contributed by atoms with Crippen molar-refractivity contribution in [3.8, 4) is 0 Å². The molecule has 0 amide bonds. The summed E-state index contributed by atoms with van der Waals surface area (Å²) < 4.78 is 3.56. The fraction of sp³-hybridized carbons (Fsp3) is 0.158. The van der Waals surface area contributed by atoms with E-state index < -0.39 is 0 Å². The molecule has 0 atom stereocenters. The molecule has 0 fully saturated rings. The van der Waals surface area contributed by atoms with E-state index in [-0.39, 0.29) is 5.56 Å². The maximum atomic E-state index is 12.8. The molecule has 0 aliphatic rings. The molecule has 0 radical (unpaired) electrons. The number of rotatable bonds is 6. The first-order chi connectivity index (χ1) is 12.8. The van der Waals surface area contributed by atoms with Gasteiger partial charge in [0.25, 0.3) is 5.56 Å². The number of aryl methyl sites for hydroxylation is 1. The van der Waals surface area contributed by atoms with E-state index in [4.69, 9.17) is 0 Å². The van der Waals surface area contributed by atoms with Crippen LogP contribution in [0.5, 0.6) is 0 Å². The largest absolute Gasteiger partial charge is 0.272 e. The number of thioether (sulfide) groups is 1. The molecule has 1 aromatic carbocycles. The molecule has 0 aliphatic carbocycles. The highest BCUT2D eigenvalue weighted by Gasteiger charge is 2.15. The molecule has 0 aliphatic heterocycles. The van der Waals surface area contributed by atoms with Gasteiger partial charge in [-0.3, -0.25) is 18.7 Å². The standard InChI is InChI=1S/C19H17N5OS/c1-2-12-23-17(25)15-5-3-4-6-16(15)24-18(23)21-22-19(24)26-13-9-14-7-10-20-11-8-14/h2-8,10-11H,1,9,12-13H2. The van der Waals surface area contributed by atoms with Gasteiger partial charge in [0.15, 0.2) is 5.16 Å². The van der Waals surface area contributed by atoms with Crippen molar-refractivity contribution in [2.75, 3.05) is 5.75 Å². The summed E-state index contributed by atoms with van der Waals surface area (Å²) in [5.74, 6) is 1.40. The highest BCUT2D eigenvalue weighted by molar-refractivity contribution is 7.99. The number of para-hydroxylation sites is 1. The Morgan fingerprint density at radius 2 is 1.92 bits per heavy atom. The first-order valence-corrected chi connectivity index (χ1v) is 9.27. The second-order valence-corrected chi connectivity index (χ2v) is 6.86. The van der Waals surface area contributed by atoms with Gasteiger partial charge in [0.05, 0.1) is 10.9 Å². The van der Waals surface area contributed by atoms with E-state index in [1.165, 1.54) is 5.56 Å². The van der Waals surface area contributed by atoms with E-state index >= 15 is 0 Å². The van der Waals surface area contributed by atoms with Crippen LogP contribution in [-0.4, -0.2) is 29.9 Å². The molecule has 0 spiro atoms. The molecule has 3 aromatic heterocycles. The Labute approximate surface area is 154 Å². The minimum absolute atomic E-state index is 0.0752. The van der Waals surface area contributed by atoms with Gasteiger partial charge < -0.3 is 0 Å². The monoisotopic (exact) mass is 363 g/mol. The average Bonchev–Trinajstić information content (AvgIpc) is 3.10. The molecule has 130 valence electrons. The van der Waals surface area contributed by atoms with Crippen molar-refractivity contribution in [2.24, 2.45) is 0 Å². The molecule has 0 N–H and O–H groups in total. The highest BCUT2D eigenvalue weighted by atomic mass is 32.2. The van der Waals surface area contributed by atoms with Crippen molar-refractivity contribution in [3.05, 3.63) is 77.4 Å². The molecule has 7 heteroatoms. The molecule has 3 heterocycles. The van der Waals surface area contributed by atoms with Crippen molar-refractivity contribution in [1.82, 2.24) is 24.1 Å². The molecule has 4 rings (SSSR count). The second-order valence-electron chi connectivity index (χ2n) is 5.79. The summed E-state index contributed by atoms with van der Waals surface area (Å²) in [5, 5.41) is 10.0. The van der Waals surface area contributed by atoms with Crippen LogP contribution in [0.15, 0.2) is 71.4 Å². The van der Waals surface area contributed by atoms with Crippen molar-refractivity contribution in [3.63, 3.8) is 0 Å². The van der Waals surface area contributed by atoms with Crippen LogP contribution in [0.3, 0.4) is 0 Å². The molecule has 0 saturated carbocycles. The third-order valence-corrected chi connectivity index (χ3v) is 5.09. The number of allylic oxidation sites excluding steroid dienone is 1. The number of nitrogens with zero attached hydrogens (tertiary/aromatic N) is 5. The number of aromatic nitrogens is 5. The SMILES string of the molecule is C=CCn1c(=O)c2ccccc2n2c(SCCc3ccncc3)nnc12. The van der Waals surface area contributed by atoms with Crippen molar-refractivity contribution in [1.29, 1.82) is 0 Å². The fourth-order valence-corrected chi connectivity index (χ4v) is 3.86. The van der Waals surface area contributed by atoms with Crippen LogP contribution in [0.1, 0.15) is 5.56 Å². The minimum atomic E-state index is -0.0752. The van der Waals surface area contributed by atoms with Gasteiger partial charge in [-0.25, -0.2) is 0 Å². The number of benzene rings is 1. The summed E-state index contributed by atoms with van der Waals surface area (Å²) in [5.41, 5.74) is 1.98. The molecular weight excluding hydrogens is 346 g/mol. The summed E-state index contributed by atoms with van der Waals surface area (Å²) >= 11 is 1.63. The molecule has 4 aromatic rings. The van der Waals surface area contributed by atoms with Crippen LogP contribution < -0.4 is 5.56 Å².